The van der Waals surface area contributed by atoms with Crippen molar-refractivity contribution < 1.29 is 4.74 Å². The number of para-hydroxylation sites is 1. The molecule has 1 aromatic heterocycles. The van der Waals surface area contributed by atoms with Crippen molar-refractivity contribution in [3.63, 3.8) is 0 Å². The Morgan fingerprint density at radius 3 is 2.59 bits per heavy atom. The first-order valence-electron chi connectivity index (χ1n) is 9.24. The fraction of sp³-hybridized carbons (Fsp3) is 0.429. The van der Waals surface area contributed by atoms with Gasteiger partial charge in [-0.1, -0.05) is 38.1 Å². The normalized spacial score (nSPS) is 11.0. The molecule has 2 aromatic rings. The van der Waals surface area contributed by atoms with Crippen molar-refractivity contribution >= 4 is 29.9 Å². The molecular weight excluding hydrogens is 451 g/mol. The highest BCUT2D eigenvalue weighted by Gasteiger charge is 2.05. The zero-order valence-electron chi connectivity index (χ0n) is 16.4. The van der Waals surface area contributed by atoms with E-state index in [4.69, 9.17) is 4.74 Å². The topological polar surface area (TPSA) is 58.5 Å². The molecule has 0 unspecified atom stereocenters. The third-order valence-corrected chi connectivity index (χ3v) is 4.00. The van der Waals surface area contributed by atoms with Crippen LogP contribution in [0.1, 0.15) is 31.5 Å². The molecule has 1 heterocycles. The van der Waals surface area contributed by atoms with E-state index in [0.717, 1.165) is 49.0 Å². The molecule has 2 N–H and O–H groups in total. The van der Waals surface area contributed by atoms with E-state index in [1.54, 1.807) is 7.05 Å². The number of halogens is 1. The van der Waals surface area contributed by atoms with Gasteiger partial charge in [0.25, 0.3) is 0 Å². The van der Waals surface area contributed by atoms with E-state index in [9.17, 15) is 0 Å². The van der Waals surface area contributed by atoms with Crippen LogP contribution >= 0.6 is 24.0 Å². The fourth-order valence-electron chi connectivity index (χ4n) is 2.45. The quantitative estimate of drug-likeness (QED) is 0.322. The second-order valence-electron chi connectivity index (χ2n) is 6.56. The molecule has 2 rings (SSSR count). The number of guanidine groups is 1. The molecule has 0 aliphatic rings. The summed E-state index contributed by atoms with van der Waals surface area (Å²) in [6, 6.07) is 14.1. The fourth-order valence-corrected chi connectivity index (χ4v) is 2.45. The number of nitrogens with zero attached hydrogens (tertiary/aromatic N) is 2. The maximum Gasteiger partial charge on any atom is 0.191 e. The minimum atomic E-state index is 0. The molecule has 148 valence electrons. The average molecular weight is 482 g/mol. The molecule has 0 atom stereocenters. The van der Waals surface area contributed by atoms with E-state index in [1.807, 2.05) is 42.6 Å². The van der Waals surface area contributed by atoms with Gasteiger partial charge in [0, 0.05) is 44.0 Å². The Morgan fingerprint density at radius 2 is 1.89 bits per heavy atom. The van der Waals surface area contributed by atoms with Gasteiger partial charge in [-0.15, -0.1) is 24.0 Å². The minimum absolute atomic E-state index is 0. The molecule has 0 bridgehead atoms. The lowest BCUT2D eigenvalue weighted by Crippen LogP contribution is -2.38. The van der Waals surface area contributed by atoms with Gasteiger partial charge in [0.2, 0.25) is 0 Å². The maximum atomic E-state index is 5.94. The van der Waals surface area contributed by atoms with Crippen LogP contribution in [0, 0.1) is 5.92 Å². The lowest BCUT2D eigenvalue weighted by Gasteiger charge is -2.15. The summed E-state index contributed by atoms with van der Waals surface area (Å²) in [6.45, 7) is 6.60. The number of ether oxygens (including phenoxy) is 1. The molecule has 0 radical (unpaired) electrons. The maximum absolute atomic E-state index is 5.94. The number of nitrogens with one attached hydrogen (secondary N) is 2. The van der Waals surface area contributed by atoms with Crippen LogP contribution in [0.4, 0.5) is 0 Å². The predicted octanol–water partition coefficient (Wildman–Crippen LogP) is 4.03. The first kappa shape index (κ1) is 23.2. The molecule has 0 saturated heterocycles. The smallest absolute Gasteiger partial charge is 0.191 e. The Balaban J connectivity index is 0.00000364. The van der Waals surface area contributed by atoms with Crippen molar-refractivity contribution in [2.45, 2.75) is 33.2 Å². The second kappa shape index (κ2) is 13.4. The summed E-state index contributed by atoms with van der Waals surface area (Å²) in [6.07, 6.45) is 3.73. The average Bonchev–Trinajstić information content (AvgIpc) is 2.66. The molecule has 5 nitrogen and oxygen atoms in total. The first-order valence-corrected chi connectivity index (χ1v) is 9.24. The Bertz CT molecular complexity index is 677. The number of aliphatic imine (C=N–C) groups is 1. The molecule has 1 aromatic carbocycles. The van der Waals surface area contributed by atoms with E-state index >= 15 is 0 Å². The zero-order valence-corrected chi connectivity index (χ0v) is 18.8. The summed E-state index contributed by atoms with van der Waals surface area (Å²) in [5.74, 6) is 2.35. The van der Waals surface area contributed by atoms with E-state index in [2.05, 4.69) is 40.5 Å². The van der Waals surface area contributed by atoms with E-state index < -0.39 is 0 Å². The van der Waals surface area contributed by atoms with Crippen LogP contribution in [0.5, 0.6) is 5.75 Å². The Hall–Kier alpha value is -1.83. The van der Waals surface area contributed by atoms with Crippen molar-refractivity contribution in [1.82, 2.24) is 15.6 Å². The van der Waals surface area contributed by atoms with Crippen LogP contribution in [0.25, 0.3) is 0 Å². The van der Waals surface area contributed by atoms with Gasteiger partial charge >= 0.3 is 0 Å². The van der Waals surface area contributed by atoms with Gasteiger partial charge in [-0.25, -0.2) is 0 Å². The number of aromatic nitrogens is 1. The largest absolute Gasteiger partial charge is 0.493 e. The molecule has 0 amide bonds. The van der Waals surface area contributed by atoms with Crippen LogP contribution in [0.3, 0.4) is 0 Å². The number of hydrogen-bond acceptors (Lipinski definition) is 3. The SMILES string of the molecule is CN=C(NCCc1ccccn1)NCc1ccccc1OCCC(C)C.I. The van der Waals surface area contributed by atoms with Gasteiger partial charge in [-0.2, -0.15) is 0 Å². The number of rotatable bonds is 9. The van der Waals surface area contributed by atoms with Gasteiger partial charge < -0.3 is 15.4 Å². The lowest BCUT2D eigenvalue weighted by molar-refractivity contribution is 0.286. The number of pyridine rings is 1. The summed E-state index contributed by atoms with van der Waals surface area (Å²) in [5, 5.41) is 6.67. The molecule has 27 heavy (non-hydrogen) atoms. The van der Waals surface area contributed by atoms with E-state index in [0.29, 0.717) is 12.5 Å². The van der Waals surface area contributed by atoms with Crippen LogP contribution in [-0.2, 0) is 13.0 Å². The highest BCUT2D eigenvalue weighted by Crippen LogP contribution is 2.18. The molecule has 0 aliphatic carbocycles. The van der Waals surface area contributed by atoms with Crippen LogP contribution in [0.2, 0.25) is 0 Å². The van der Waals surface area contributed by atoms with Gasteiger partial charge in [0.05, 0.1) is 6.61 Å². The number of benzene rings is 1. The third kappa shape index (κ3) is 9.08. The van der Waals surface area contributed by atoms with Crippen molar-refractivity contribution in [2.24, 2.45) is 10.9 Å². The van der Waals surface area contributed by atoms with Crippen LogP contribution in [-0.4, -0.2) is 31.1 Å². The van der Waals surface area contributed by atoms with E-state index in [-0.39, 0.29) is 24.0 Å². The highest BCUT2D eigenvalue weighted by atomic mass is 127. The highest BCUT2D eigenvalue weighted by molar-refractivity contribution is 14.0. The standard InChI is InChI=1S/C21H30N4O.HI/c1-17(2)12-15-26-20-10-5-4-8-18(20)16-25-21(22-3)24-14-11-19-9-6-7-13-23-19;/h4-10,13,17H,11-12,14-16H2,1-3H3,(H2,22,24,25);1H. The van der Waals surface area contributed by atoms with Gasteiger partial charge in [0.1, 0.15) is 5.75 Å². The number of hydrogen-bond donors (Lipinski definition) is 2. The van der Waals surface area contributed by atoms with Gasteiger partial charge in [-0.05, 0) is 30.5 Å². The zero-order chi connectivity index (χ0) is 18.6. The van der Waals surface area contributed by atoms with Gasteiger partial charge in [0.15, 0.2) is 5.96 Å². The Labute approximate surface area is 180 Å². The van der Waals surface area contributed by atoms with Gasteiger partial charge in [-0.3, -0.25) is 9.98 Å². The Morgan fingerprint density at radius 1 is 1.11 bits per heavy atom. The van der Waals surface area contributed by atoms with E-state index in [1.165, 1.54) is 0 Å². The van der Waals surface area contributed by atoms with Crippen LogP contribution in [0.15, 0.2) is 53.7 Å². The monoisotopic (exact) mass is 482 g/mol. The third-order valence-electron chi connectivity index (χ3n) is 4.00. The summed E-state index contributed by atoms with van der Waals surface area (Å²) < 4.78 is 5.94. The first-order chi connectivity index (χ1) is 12.7. The molecular formula is C21H31IN4O. The van der Waals surface area contributed by atoms with Crippen molar-refractivity contribution in [3.8, 4) is 5.75 Å². The molecule has 0 aliphatic heterocycles. The summed E-state index contributed by atoms with van der Waals surface area (Å²) in [5.41, 5.74) is 2.20. The Kier molecular flexibility index (Phi) is 11.5. The predicted molar refractivity (Wildman–Crippen MR) is 123 cm³/mol. The van der Waals surface area contributed by atoms with Crippen molar-refractivity contribution in [2.75, 3.05) is 20.2 Å². The molecule has 0 fully saturated rings. The minimum Gasteiger partial charge on any atom is -0.493 e. The van der Waals surface area contributed by atoms with Crippen molar-refractivity contribution in [3.05, 3.63) is 59.9 Å². The summed E-state index contributed by atoms with van der Waals surface area (Å²) >= 11 is 0. The summed E-state index contributed by atoms with van der Waals surface area (Å²) in [4.78, 5) is 8.61. The molecule has 0 saturated carbocycles. The van der Waals surface area contributed by atoms with Crippen LogP contribution < -0.4 is 15.4 Å². The summed E-state index contributed by atoms with van der Waals surface area (Å²) in [7, 11) is 1.78. The van der Waals surface area contributed by atoms with Crippen molar-refractivity contribution in [1.29, 1.82) is 0 Å². The molecule has 6 heteroatoms. The lowest BCUT2D eigenvalue weighted by atomic mass is 10.1. The molecule has 0 spiro atoms. The second-order valence-corrected chi connectivity index (χ2v) is 6.56.